The SMILES string of the molecule is COCC[C@@H]1CCOC12CN(C(=O)[C@H]1C[C@H]1C)C2. The van der Waals surface area contributed by atoms with Gasteiger partial charge in [0.2, 0.25) is 5.91 Å². The summed E-state index contributed by atoms with van der Waals surface area (Å²) in [6, 6.07) is 0. The number of hydrogen-bond donors (Lipinski definition) is 0. The van der Waals surface area contributed by atoms with E-state index in [9.17, 15) is 4.79 Å². The molecule has 0 bridgehead atoms. The van der Waals surface area contributed by atoms with Crippen molar-refractivity contribution < 1.29 is 14.3 Å². The lowest BCUT2D eigenvalue weighted by Gasteiger charge is -2.50. The Hall–Kier alpha value is -0.610. The number of ether oxygens (including phenoxy) is 2. The van der Waals surface area contributed by atoms with Gasteiger partial charge in [-0.2, -0.15) is 0 Å². The summed E-state index contributed by atoms with van der Waals surface area (Å²) in [5.41, 5.74) is -0.0354. The van der Waals surface area contributed by atoms with Crippen molar-refractivity contribution in [3.8, 4) is 0 Å². The fraction of sp³-hybridized carbons (Fsp3) is 0.929. The van der Waals surface area contributed by atoms with Crippen molar-refractivity contribution in [1.29, 1.82) is 0 Å². The largest absolute Gasteiger partial charge is 0.385 e. The Kier molecular flexibility index (Phi) is 3.10. The normalized spacial score (nSPS) is 36.8. The van der Waals surface area contributed by atoms with E-state index in [-0.39, 0.29) is 5.60 Å². The Morgan fingerprint density at radius 1 is 1.50 bits per heavy atom. The predicted octanol–water partition coefficient (Wildman–Crippen LogP) is 1.30. The van der Waals surface area contributed by atoms with E-state index in [4.69, 9.17) is 9.47 Å². The van der Waals surface area contributed by atoms with Crippen LogP contribution in [-0.2, 0) is 14.3 Å². The fourth-order valence-corrected chi connectivity index (χ4v) is 3.46. The highest BCUT2D eigenvalue weighted by molar-refractivity contribution is 5.82. The maximum Gasteiger partial charge on any atom is 0.226 e. The van der Waals surface area contributed by atoms with Gasteiger partial charge in [-0.1, -0.05) is 6.92 Å². The number of carbonyl (C=O) groups is 1. The molecule has 3 fully saturated rings. The molecule has 1 amide bonds. The highest BCUT2D eigenvalue weighted by Crippen LogP contribution is 2.45. The molecule has 18 heavy (non-hydrogen) atoms. The van der Waals surface area contributed by atoms with Crippen LogP contribution >= 0.6 is 0 Å². The van der Waals surface area contributed by atoms with Crippen LogP contribution in [0.25, 0.3) is 0 Å². The summed E-state index contributed by atoms with van der Waals surface area (Å²) >= 11 is 0. The van der Waals surface area contributed by atoms with Crippen LogP contribution in [0.3, 0.4) is 0 Å². The summed E-state index contributed by atoms with van der Waals surface area (Å²) in [7, 11) is 1.74. The molecule has 0 aromatic rings. The summed E-state index contributed by atoms with van der Waals surface area (Å²) in [5.74, 6) is 1.83. The van der Waals surface area contributed by atoms with E-state index in [1.165, 1.54) is 0 Å². The quantitative estimate of drug-likeness (QED) is 0.758. The Bertz CT molecular complexity index is 338. The number of hydrogen-bond acceptors (Lipinski definition) is 3. The molecule has 0 N–H and O–H groups in total. The van der Waals surface area contributed by atoms with E-state index in [0.717, 1.165) is 45.6 Å². The second kappa shape index (κ2) is 4.49. The molecule has 0 aromatic heterocycles. The van der Waals surface area contributed by atoms with Crippen LogP contribution < -0.4 is 0 Å². The highest BCUT2D eigenvalue weighted by Gasteiger charge is 2.56. The van der Waals surface area contributed by atoms with Crippen LogP contribution in [0.5, 0.6) is 0 Å². The number of rotatable bonds is 4. The van der Waals surface area contributed by atoms with Gasteiger partial charge < -0.3 is 14.4 Å². The highest BCUT2D eigenvalue weighted by atomic mass is 16.5. The third-order valence-corrected chi connectivity index (χ3v) is 4.93. The van der Waals surface area contributed by atoms with Crippen molar-refractivity contribution in [3.63, 3.8) is 0 Å². The van der Waals surface area contributed by atoms with E-state index in [1.807, 2.05) is 4.90 Å². The van der Waals surface area contributed by atoms with E-state index in [0.29, 0.717) is 23.7 Å². The van der Waals surface area contributed by atoms with Gasteiger partial charge in [-0.05, 0) is 31.1 Å². The first-order chi connectivity index (χ1) is 8.66. The Morgan fingerprint density at radius 3 is 2.83 bits per heavy atom. The topological polar surface area (TPSA) is 38.8 Å². The van der Waals surface area contributed by atoms with Crippen molar-refractivity contribution in [2.24, 2.45) is 17.8 Å². The molecule has 0 unspecified atom stereocenters. The number of amides is 1. The van der Waals surface area contributed by atoms with Gasteiger partial charge in [0.15, 0.2) is 0 Å². The monoisotopic (exact) mass is 253 g/mol. The maximum absolute atomic E-state index is 12.1. The van der Waals surface area contributed by atoms with Crippen LogP contribution in [0.2, 0.25) is 0 Å². The van der Waals surface area contributed by atoms with Crippen LogP contribution in [0.1, 0.15) is 26.2 Å². The zero-order valence-corrected chi connectivity index (χ0v) is 11.4. The summed E-state index contributed by atoms with van der Waals surface area (Å²) in [5, 5.41) is 0. The van der Waals surface area contributed by atoms with E-state index < -0.39 is 0 Å². The molecule has 1 saturated carbocycles. The molecule has 2 aliphatic heterocycles. The molecule has 2 saturated heterocycles. The second-order valence-electron chi connectivity index (χ2n) is 6.19. The van der Waals surface area contributed by atoms with Gasteiger partial charge in [0.25, 0.3) is 0 Å². The van der Waals surface area contributed by atoms with Gasteiger partial charge in [0.05, 0.1) is 13.1 Å². The molecule has 1 spiro atoms. The van der Waals surface area contributed by atoms with E-state index in [1.54, 1.807) is 7.11 Å². The molecular weight excluding hydrogens is 230 g/mol. The first-order valence-corrected chi connectivity index (χ1v) is 7.08. The lowest BCUT2D eigenvalue weighted by molar-refractivity contribution is -0.167. The lowest BCUT2D eigenvalue weighted by atomic mass is 9.79. The fourth-order valence-electron chi connectivity index (χ4n) is 3.46. The molecule has 4 heteroatoms. The number of likely N-dealkylation sites (tertiary alicyclic amines) is 1. The molecule has 3 atom stereocenters. The van der Waals surface area contributed by atoms with Gasteiger partial charge in [0.1, 0.15) is 5.60 Å². The molecule has 1 aliphatic carbocycles. The third-order valence-electron chi connectivity index (χ3n) is 4.93. The van der Waals surface area contributed by atoms with Gasteiger partial charge in [-0.3, -0.25) is 4.79 Å². The molecule has 102 valence electrons. The first kappa shape index (κ1) is 12.4. The van der Waals surface area contributed by atoms with E-state index >= 15 is 0 Å². The molecule has 0 aromatic carbocycles. The number of nitrogens with zero attached hydrogens (tertiary/aromatic N) is 1. The molecule has 3 aliphatic rings. The zero-order valence-electron chi connectivity index (χ0n) is 11.4. The van der Waals surface area contributed by atoms with Crippen molar-refractivity contribution >= 4 is 5.91 Å². The van der Waals surface area contributed by atoms with Gasteiger partial charge in [0, 0.05) is 26.2 Å². The van der Waals surface area contributed by atoms with Crippen LogP contribution in [0, 0.1) is 17.8 Å². The van der Waals surface area contributed by atoms with E-state index in [2.05, 4.69) is 6.92 Å². The third kappa shape index (κ3) is 1.95. The second-order valence-corrected chi connectivity index (χ2v) is 6.19. The summed E-state index contributed by atoms with van der Waals surface area (Å²) < 4.78 is 11.1. The standard InChI is InChI=1S/C14H23NO3/c1-10-7-12(10)13(16)15-8-14(9-15)11(3-5-17-2)4-6-18-14/h10-12H,3-9H2,1-2H3/t10-,11-,12+/m1/s1. The smallest absolute Gasteiger partial charge is 0.226 e. The summed E-state index contributed by atoms with van der Waals surface area (Å²) in [6.07, 6.45) is 3.25. The van der Waals surface area contributed by atoms with Gasteiger partial charge in [-0.15, -0.1) is 0 Å². The average Bonchev–Trinajstić information content (AvgIpc) is 2.89. The van der Waals surface area contributed by atoms with Crippen LogP contribution in [-0.4, -0.2) is 49.8 Å². The minimum absolute atomic E-state index is 0.0354. The maximum atomic E-state index is 12.1. The van der Waals surface area contributed by atoms with Crippen molar-refractivity contribution in [1.82, 2.24) is 4.90 Å². The van der Waals surface area contributed by atoms with Crippen molar-refractivity contribution in [3.05, 3.63) is 0 Å². The molecule has 0 radical (unpaired) electrons. The minimum Gasteiger partial charge on any atom is -0.385 e. The van der Waals surface area contributed by atoms with Gasteiger partial charge in [-0.25, -0.2) is 0 Å². The lowest BCUT2D eigenvalue weighted by Crippen LogP contribution is -2.66. The summed E-state index contributed by atoms with van der Waals surface area (Å²) in [6.45, 7) is 5.41. The van der Waals surface area contributed by atoms with Crippen molar-refractivity contribution in [2.75, 3.05) is 33.4 Å². The molecule has 3 rings (SSSR count). The first-order valence-electron chi connectivity index (χ1n) is 7.08. The minimum atomic E-state index is -0.0354. The molecular formula is C14H23NO3. The summed E-state index contributed by atoms with van der Waals surface area (Å²) in [4.78, 5) is 14.1. The average molecular weight is 253 g/mol. The molecule has 4 nitrogen and oxygen atoms in total. The molecule has 2 heterocycles. The Morgan fingerprint density at radius 2 is 2.22 bits per heavy atom. The van der Waals surface area contributed by atoms with Crippen LogP contribution in [0.4, 0.5) is 0 Å². The Labute approximate surface area is 109 Å². The van der Waals surface area contributed by atoms with Crippen LogP contribution in [0.15, 0.2) is 0 Å². The predicted molar refractivity (Wildman–Crippen MR) is 67.1 cm³/mol. The zero-order chi connectivity index (χ0) is 12.8. The Balaban J connectivity index is 1.54. The van der Waals surface area contributed by atoms with Gasteiger partial charge >= 0.3 is 0 Å². The number of methoxy groups -OCH3 is 1. The number of carbonyl (C=O) groups excluding carboxylic acids is 1. The van der Waals surface area contributed by atoms with Crippen molar-refractivity contribution in [2.45, 2.75) is 31.8 Å².